The quantitative estimate of drug-likeness (QED) is 0.369. The van der Waals surface area contributed by atoms with Crippen molar-refractivity contribution in [3.8, 4) is 0 Å². The second-order valence-corrected chi connectivity index (χ2v) is 11.6. The highest BCUT2D eigenvalue weighted by atomic mass is 16.4. The van der Waals surface area contributed by atoms with Crippen molar-refractivity contribution in [2.24, 2.45) is 11.3 Å². The Bertz CT molecular complexity index is 916. The molecule has 7 nitrogen and oxygen atoms in total. The summed E-state index contributed by atoms with van der Waals surface area (Å²) < 4.78 is 0. The molecule has 3 atom stereocenters. The monoisotopic (exact) mass is 501 g/mol. The third-order valence-electron chi connectivity index (χ3n) is 6.80. The maximum atomic E-state index is 13.8. The highest BCUT2D eigenvalue weighted by Gasteiger charge is 2.41. The first-order valence-corrected chi connectivity index (χ1v) is 12.8. The number of carbonyl (C=O) groups excluding carboxylic acids is 2. The zero-order valence-electron chi connectivity index (χ0n) is 23.8. The van der Waals surface area contributed by atoms with E-state index < -0.39 is 34.9 Å². The van der Waals surface area contributed by atoms with Gasteiger partial charge in [0.15, 0.2) is 0 Å². The Morgan fingerprint density at radius 3 is 2.00 bits per heavy atom. The topological polar surface area (TPSA) is 98.7 Å². The molecular formula is C29H47N3O4. The van der Waals surface area contributed by atoms with E-state index in [-0.39, 0.29) is 23.3 Å². The van der Waals surface area contributed by atoms with Gasteiger partial charge in [-0.3, -0.25) is 9.59 Å². The molecule has 0 aliphatic rings. The van der Waals surface area contributed by atoms with E-state index in [1.807, 2.05) is 78.8 Å². The molecule has 0 saturated carbocycles. The highest BCUT2D eigenvalue weighted by molar-refractivity contribution is 5.91. The maximum Gasteiger partial charge on any atom is 0.331 e. The molecule has 1 rings (SSSR count). The molecule has 0 radical (unpaired) electrons. The van der Waals surface area contributed by atoms with Gasteiger partial charge in [0.1, 0.15) is 6.04 Å². The van der Waals surface area contributed by atoms with Gasteiger partial charge in [0, 0.05) is 18.0 Å². The van der Waals surface area contributed by atoms with Crippen molar-refractivity contribution in [2.45, 2.75) is 91.8 Å². The molecule has 0 bridgehead atoms. The van der Waals surface area contributed by atoms with Gasteiger partial charge in [0.25, 0.3) is 0 Å². The fraction of sp³-hybridized carbons (Fsp3) is 0.621. The van der Waals surface area contributed by atoms with Gasteiger partial charge < -0.3 is 20.6 Å². The van der Waals surface area contributed by atoms with Crippen LogP contribution in [0.1, 0.15) is 73.8 Å². The van der Waals surface area contributed by atoms with Crippen molar-refractivity contribution in [1.29, 1.82) is 0 Å². The number of likely N-dealkylation sites (N-methyl/N-ethyl adjacent to an activating group) is 2. The van der Waals surface area contributed by atoms with Crippen LogP contribution < -0.4 is 10.6 Å². The van der Waals surface area contributed by atoms with E-state index in [4.69, 9.17) is 0 Å². The van der Waals surface area contributed by atoms with Gasteiger partial charge in [-0.25, -0.2) is 4.79 Å². The fourth-order valence-electron chi connectivity index (χ4n) is 4.49. The van der Waals surface area contributed by atoms with Crippen LogP contribution in [0, 0.1) is 11.3 Å². The lowest BCUT2D eigenvalue weighted by atomic mass is 9.76. The number of hydrogen-bond donors (Lipinski definition) is 3. The Balaban J connectivity index is 3.33. The lowest BCUT2D eigenvalue weighted by Crippen LogP contribution is -2.61. The van der Waals surface area contributed by atoms with Crippen LogP contribution in [-0.2, 0) is 19.8 Å². The summed E-state index contributed by atoms with van der Waals surface area (Å²) in [4.78, 5) is 40.7. The number of carboxylic acid groups (broad SMARTS) is 1. The largest absolute Gasteiger partial charge is 0.478 e. The molecule has 1 aromatic carbocycles. The minimum Gasteiger partial charge on any atom is -0.478 e. The van der Waals surface area contributed by atoms with E-state index in [2.05, 4.69) is 10.6 Å². The number of nitrogens with one attached hydrogen (secondary N) is 2. The van der Waals surface area contributed by atoms with Crippen LogP contribution in [-0.4, -0.2) is 60.0 Å². The first kappa shape index (κ1) is 31.4. The average molecular weight is 502 g/mol. The van der Waals surface area contributed by atoms with Gasteiger partial charge in [0.2, 0.25) is 11.8 Å². The first-order chi connectivity index (χ1) is 16.6. The molecule has 0 aliphatic heterocycles. The van der Waals surface area contributed by atoms with Crippen LogP contribution in [0.2, 0.25) is 0 Å². The van der Waals surface area contributed by atoms with E-state index in [9.17, 15) is 19.5 Å². The highest BCUT2D eigenvalue weighted by Crippen LogP contribution is 2.29. The predicted octanol–water partition coefficient (Wildman–Crippen LogP) is 4.38. The molecule has 0 heterocycles. The first-order valence-electron chi connectivity index (χ1n) is 12.8. The number of nitrogens with zero attached hydrogens (tertiary/aromatic N) is 1. The maximum absolute atomic E-state index is 13.8. The molecule has 36 heavy (non-hydrogen) atoms. The molecule has 202 valence electrons. The standard InChI is InChI=1S/C29H47N3O4/c1-11-20(27(35)36)18-22(17-19(2)3)32(10)26(34)24(28(4,5)6)31-25(33)23(30-9)29(7,8)21-15-13-12-14-16-21/h12-16,18-19,22-24,30H,11,17H2,1-10H3,(H,31,33)(H,35,36)/t22-,23+,24+/m0/s1. The summed E-state index contributed by atoms with van der Waals surface area (Å²) in [5.41, 5.74) is 0.190. The van der Waals surface area contributed by atoms with Crippen LogP contribution in [0.5, 0.6) is 0 Å². The summed E-state index contributed by atoms with van der Waals surface area (Å²) in [6.07, 6.45) is 2.66. The third kappa shape index (κ3) is 8.19. The lowest BCUT2D eigenvalue weighted by Gasteiger charge is -2.39. The van der Waals surface area contributed by atoms with E-state index >= 15 is 0 Å². The minimum atomic E-state index is -0.979. The summed E-state index contributed by atoms with van der Waals surface area (Å²) in [6.45, 7) is 15.6. The minimum absolute atomic E-state index is 0.244. The van der Waals surface area contributed by atoms with Gasteiger partial charge in [-0.1, -0.05) is 91.8 Å². The van der Waals surface area contributed by atoms with Gasteiger partial charge in [-0.05, 0) is 36.8 Å². The predicted molar refractivity (Wildman–Crippen MR) is 146 cm³/mol. The SMILES string of the molecule is CCC(=C[C@H](CC(C)C)N(C)C(=O)[C@@H](NC(=O)[C@@H](NC)C(C)(C)c1ccccc1)C(C)(C)C)C(=O)O. The number of carbonyl (C=O) groups is 3. The molecule has 7 heteroatoms. The van der Waals surface area contributed by atoms with Crippen LogP contribution >= 0.6 is 0 Å². The smallest absolute Gasteiger partial charge is 0.331 e. The summed E-state index contributed by atoms with van der Waals surface area (Å²) in [5.74, 6) is -1.24. The number of rotatable bonds is 12. The van der Waals surface area contributed by atoms with Crippen LogP contribution in [0.15, 0.2) is 42.0 Å². The summed E-state index contributed by atoms with van der Waals surface area (Å²) in [6, 6.07) is 8.05. The zero-order valence-corrected chi connectivity index (χ0v) is 23.8. The molecule has 0 aromatic heterocycles. The second-order valence-electron chi connectivity index (χ2n) is 11.6. The number of hydrogen-bond acceptors (Lipinski definition) is 4. The second kappa shape index (κ2) is 13.0. The molecule has 0 spiro atoms. The van der Waals surface area contributed by atoms with Crippen molar-refractivity contribution < 1.29 is 19.5 Å². The van der Waals surface area contributed by atoms with Crippen LogP contribution in [0.25, 0.3) is 0 Å². The molecule has 0 fully saturated rings. The Morgan fingerprint density at radius 1 is 1.03 bits per heavy atom. The van der Waals surface area contributed by atoms with Crippen molar-refractivity contribution in [2.75, 3.05) is 14.1 Å². The van der Waals surface area contributed by atoms with Crippen molar-refractivity contribution in [3.63, 3.8) is 0 Å². The van der Waals surface area contributed by atoms with Gasteiger partial charge in [-0.15, -0.1) is 0 Å². The van der Waals surface area contributed by atoms with E-state index in [0.717, 1.165) is 5.56 Å². The van der Waals surface area contributed by atoms with Crippen molar-refractivity contribution in [1.82, 2.24) is 15.5 Å². The third-order valence-corrected chi connectivity index (χ3v) is 6.80. The van der Waals surface area contributed by atoms with Crippen molar-refractivity contribution >= 4 is 17.8 Å². The van der Waals surface area contributed by atoms with E-state index in [1.165, 1.54) is 0 Å². The van der Waals surface area contributed by atoms with E-state index in [0.29, 0.717) is 12.8 Å². The Hall–Kier alpha value is -2.67. The molecular weight excluding hydrogens is 454 g/mol. The number of carboxylic acids is 1. The number of aliphatic carboxylic acids is 1. The van der Waals surface area contributed by atoms with E-state index in [1.54, 1.807) is 32.0 Å². The number of benzene rings is 1. The molecule has 0 unspecified atom stereocenters. The molecule has 0 aliphatic carbocycles. The lowest BCUT2D eigenvalue weighted by molar-refractivity contribution is -0.140. The Kier molecular flexibility index (Phi) is 11.4. The fourth-order valence-corrected chi connectivity index (χ4v) is 4.49. The normalized spacial score (nSPS) is 15.2. The average Bonchev–Trinajstić information content (AvgIpc) is 2.78. The van der Waals surface area contributed by atoms with Crippen LogP contribution in [0.4, 0.5) is 0 Å². The summed E-state index contributed by atoms with van der Waals surface area (Å²) >= 11 is 0. The zero-order chi connectivity index (χ0) is 27.8. The van der Waals surface area contributed by atoms with Gasteiger partial charge in [-0.2, -0.15) is 0 Å². The van der Waals surface area contributed by atoms with Crippen LogP contribution in [0.3, 0.4) is 0 Å². The Labute approximate surface area is 217 Å². The molecule has 0 saturated heterocycles. The summed E-state index contributed by atoms with van der Waals surface area (Å²) in [5, 5.41) is 15.7. The summed E-state index contributed by atoms with van der Waals surface area (Å²) in [7, 11) is 3.44. The van der Waals surface area contributed by atoms with Gasteiger partial charge in [0.05, 0.1) is 12.1 Å². The molecule has 1 aromatic rings. The number of amides is 2. The Morgan fingerprint density at radius 2 is 1.58 bits per heavy atom. The van der Waals surface area contributed by atoms with Gasteiger partial charge >= 0.3 is 5.97 Å². The van der Waals surface area contributed by atoms with Crippen molar-refractivity contribution in [3.05, 3.63) is 47.5 Å². The molecule has 2 amide bonds. The molecule has 3 N–H and O–H groups in total.